The first-order valence-electron chi connectivity index (χ1n) is 4.79. The monoisotopic (exact) mass is 223 g/mol. The van der Waals surface area contributed by atoms with Crippen LogP contribution in [0.5, 0.6) is 0 Å². The zero-order valence-electron chi connectivity index (χ0n) is 9.24. The SMILES string of the molecule is CC=Nc1ccccc1S[Si](C)(C)C. The van der Waals surface area contributed by atoms with Gasteiger partial charge in [0.1, 0.15) is 7.22 Å². The minimum atomic E-state index is -1.12. The summed E-state index contributed by atoms with van der Waals surface area (Å²) in [6.07, 6.45) is 1.85. The predicted octanol–water partition coefficient (Wildman–Crippen LogP) is 4.34. The highest BCUT2D eigenvalue weighted by atomic mass is 32.4. The van der Waals surface area contributed by atoms with E-state index in [0.29, 0.717) is 0 Å². The number of para-hydroxylation sites is 1. The number of nitrogens with zero attached hydrogens (tertiary/aromatic N) is 1. The van der Waals surface area contributed by atoms with Crippen molar-refractivity contribution in [2.75, 3.05) is 0 Å². The second kappa shape index (κ2) is 4.80. The molecule has 0 N–H and O–H groups in total. The summed E-state index contributed by atoms with van der Waals surface area (Å²) in [5.74, 6) is 0. The van der Waals surface area contributed by atoms with Gasteiger partial charge in [0, 0.05) is 11.1 Å². The highest BCUT2D eigenvalue weighted by molar-refractivity contribution is 8.28. The molecule has 1 rings (SSSR count). The third-order valence-electron chi connectivity index (χ3n) is 1.55. The molecular formula is C11H17NSSi. The molecule has 0 saturated heterocycles. The van der Waals surface area contributed by atoms with Crippen molar-refractivity contribution in [2.24, 2.45) is 4.99 Å². The van der Waals surface area contributed by atoms with Gasteiger partial charge in [-0.1, -0.05) is 31.8 Å². The summed E-state index contributed by atoms with van der Waals surface area (Å²) in [7, 11) is -1.12. The summed E-state index contributed by atoms with van der Waals surface area (Å²) < 4.78 is 0. The van der Waals surface area contributed by atoms with E-state index < -0.39 is 7.22 Å². The molecule has 0 spiro atoms. The largest absolute Gasteiger partial charge is 0.260 e. The fourth-order valence-electron chi connectivity index (χ4n) is 1.12. The lowest BCUT2D eigenvalue weighted by atomic mass is 10.3. The summed E-state index contributed by atoms with van der Waals surface area (Å²) in [5.41, 5.74) is 1.10. The van der Waals surface area contributed by atoms with E-state index in [1.165, 1.54) is 4.90 Å². The van der Waals surface area contributed by atoms with Crippen molar-refractivity contribution in [3.8, 4) is 0 Å². The molecule has 0 atom stereocenters. The van der Waals surface area contributed by atoms with Gasteiger partial charge in [0.25, 0.3) is 0 Å². The standard InChI is InChI=1S/C11H17NSSi/c1-5-12-10-8-6-7-9-11(10)13-14(2,3)4/h5-9H,1-4H3. The second-order valence-electron chi connectivity index (χ2n) is 4.07. The lowest BCUT2D eigenvalue weighted by molar-refractivity contribution is 1.38. The molecule has 0 heterocycles. The van der Waals surface area contributed by atoms with E-state index in [9.17, 15) is 0 Å². The van der Waals surface area contributed by atoms with Crippen molar-refractivity contribution in [3.05, 3.63) is 24.3 Å². The van der Waals surface area contributed by atoms with E-state index in [1.54, 1.807) is 0 Å². The van der Waals surface area contributed by atoms with Gasteiger partial charge in [0.15, 0.2) is 0 Å². The van der Waals surface area contributed by atoms with Gasteiger partial charge in [-0.05, 0) is 19.1 Å². The zero-order valence-corrected chi connectivity index (χ0v) is 11.1. The van der Waals surface area contributed by atoms with Crippen LogP contribution < -0.4 is 0 Å². The van der Waals surface area contributed by atoms with Gasteiger partial charge in [0.2, 0.25) is 0 Å². The van der Waals surface area contributed by atoms with Crippen LogP contribution in [0.1, 0.15) is 6.92 Å². The van der Waals surface area contributed by atoms with Crippen LogP contribution in [-0.4, -0.2) is 13.4 Å². The van der Waals surface area contributed by atoms with Gasteiger partial charge in [-0.3, -0.25) is 4.99 Å². The molecule has 0 aromatic heterocycles. The molecule has 0 aliphatic heterocycles. The number of hydrogen-bond acceptors (Lipinski definition) is 2. The molecule has 1 nitrogen and oxygen atoms in total. The van der Waals surface area contributed by atoms with Gasteiger partial charge in [-0.15, -0.1) is 11.2 Å². The molecule has 14 heavy (non-hydrogen) atoms. The smallest absolute Gasteiger partial charge is 0.114 e. The summed E-state index contributed by atoms with van der Waals surface area (Å²) in [6.45, 7) is 9.01. The van der Waals surface area contributed by atoms with Crippen molar-refractivity contribution in [2.45, 2.75) is 31.5 Å². The zero-order chi connectivity index (χ0) is 10.6. The van der Waals surface area contributed by atoms with Crippen LogP contribution in [0.15, 0.2) is 34.2 Å². The Bertz CT molecular complexity index is 328. The topological polar surface area (TPSA) is 12.4 Å². The highest BCUT2D eigenvalue weighted by Crippen LogP contribution is 2.35. The normalized spacial score (nSPS) is 12.3. The van der Waals surface area contributed by atoms with Gasteiger partial charge in [0.05, 0.1) is 5.69 Å². The van der Waals surface area contributed by atoms with Gasteiger partial charge in [-0.2, -0.15) is 0 Å². The summed E-state index contributed by atoms with van der Waals surface area (Å²) in [4.78, 5) is 5.68. The molecule has 0 aliphatic rings. The number of rotatable bonds is 3. The van der Waals surface area contributed by atoms with Crippen molar-refractivity contribution >= 4 is 30.3 Å². The van der Waals surface area contributed by atoms with Gasteiger partial charge >= 0.3 is 0 Å². The van der Waals surface area contributed by atoms with E-state index in [0.717, 1.165) is 5.69 Å². The summed E-state index contributed by atoms with van der Waals surface area (Å²) in [5, 5.41) is 0. The molecule has 0 unspecified atom stereocenters. The maximum absolute atomic E-state index is 4.37. The molecule has 1 aromatic carbocycles. The quantitative estimate of drug-likeness (QED) is 0.548. The average Bonchev–Trinajstić information content (AvgIpc) is 2.06. The lowest BCUT2D eigenvalue weighted by Gasteiger charge is -2.16. The Balaban J connectivity index is 2.96. The third kappa shape index (κ3) is 3.68. The van der Waals surface area contributed by atoms with E-state index in [1.807, 2.05) is 30.4 Å². The predicted molar refractivity (Wildman–Crippen MR) is 69.5 cm³/mol. The van der Waals surface area contributed by atoms with Crippen molar-refractivity contribution in [1.82, 2.24) is 0 Å². The van der Waals surface area contributed by atoms with Crippen LogP contribution in [0, 0.1) is 0 Å². The first kappa shape index (κ1) is 11.5. The molecule has 0 radical (unpaired) electrons. The van der Waals surface area contributed by atoms with Crippen molar-refractivity contribution < 1.29 is 0 Å². The van der Waals surface area contributed by atoms with Gasteiger partial charge in [-0.25, -0.2) is 0 Å². The van der Waals surface area contributed by atoms with Crippen LogP contribution in [0.25, 0.3) is 0 Å². The van der Waals surface area contributed by atoms with E-state index >= 15 is 0 Å². The molecule has 0 fully saturated rings. The second-order valence-corrected chi connectivity index (χ2v) is 13.2. The lowest BCUT2D eigenvalue weighted by Crippen LogP contribution is -2.13. The molecule has 0 amide bonds. The Labute approximate surface area is 91.3 Å². The highest BCUT2D eigenvalue weighted by Gasteiger charge is 2.16. The van der Waals surface area contributed by atoms with Crippen LogP contribution in [-0.2, 0) is 0 Å². The first-order valence-corrected chi connectivity index (χ1v) is 9.84. The van der Waals surface area contributed by atoms with Crippen LogP contribution in [0.2, 0.25) is 19.6 Å². The van der Waals surface area contributed by atoms with Crippen molar-refractivity contribution in [3.63, 3.8) is 0 Å². The summed E-state index contributed by atoms with van der Waals surface area (Å²) in [6, 6.07) is 8.35. The number of benzene rings is 1. The summed E-state index contributed by atoms with van der Waals surface area (Å²) >= 11 is 1.99. The first-order chi connectivity index (χ1) is 6.53. The molecule has 3 heteroatoms. The van der Waals surface area contributed by atoms with E-state index in [-0.39, 0.29) is 0 Å². The maximum atomic E-state index is 4.37. The molecule has 0 saturated carbocycles. The molecule has 0 bridgehead atoms. The minimum Gasteiger partial charge on any atom is -0.260 e. The van der Waals surface area contributed by atoms with E-state index in [2.05, 4.69) is 42.8 Å². The fourth-order valence-corrected chi connectivity index (χ4v) is 4.65. The number of aliphatic imine (C=N–C) groups is 1. The fraction of sp³-hybridized carbons (Fsp3) is 0.364. The number of hydrogen-bond donors (Lipinski definition) is 0. The van der Waals surface area contributed by atoms with Crippen molar-refractivity contribution in [1.29, 1.82) is 0 Å². The molecule has 1 aromatic rings. The molecular weight excluding hydrogens is 206 g/mol. The molecule has 76 valence electrons. The molecule has 0 aliphatic carbocycles. The van der Waals surface area contributed by atoms with Crippen LogP contribution in [0.3, 0.4) is 0 Å². The maximum Gasteiger partial charge on any atom is 0.114 e. The Morgan fingerprint density at radius 3 is 2.43 bits per heavy atom. The third-order valence-corrected chi connectivity index (χ3v) is 5.22. The van der Waals surface area contributed by atoms with Crippen LogP contribution in [0.4, 0.5) is 5.69 Å². The Morgan fingerprint density at radius 2 is 1.86 bits per heavy atom. The van der Waals surface area contributed by atoms with Crippen LogP contribution >= 0.6 is 11.2 Å². The Hall–Kier alpha value is -0.543. The Kier molecular flexibility index (Phi) is 3.95. The van der Waals surface area contributed by atoms with E-state index in [4.69, 9.17) is 0 Å². The van der Waals surface area contributed by atoms with Gasteiger partial charge < -0.3 is 0 Å². The average molecular weight is 223 g/mol. The Morgan fingerprint density at radius 1 is 1.21 bits per heavy atom. The minimum absolute atomic E-state index is 1.10.